The normalized spacial score (nSPS) is 15.6. The highest BCUT2D eigenvalue weighted by Crippen LogP contribution is 2.26. The van der Waals surface area contributed by atoms with Gasteiger partial charge in [0.05, 0.1) is 23.6 Å². The van der Waals surface area contributed by atoms with Gasteiger partial charge in [-0.25, -0.2) is 4.79 Å². The van der Waals surface area contributed by atoms with Gasteiger partial charge in [-0.3, -0.25) is 4.79 Å². The molecule has 0 aromatic carbocycles. The maximum Gasteiger partial charge on any atom is 0.339 e. The third kappa shape index (κ3) is 3.77. The number of aryl methyl sites for hydroxylation is 1. The minimum atomic E-state index is -0.428. The molecule has 1 aliphatic heterocycles. The van der Waals surface area contributed by atoms with Crippen molar-refractivity contribution in [3.8, 4) is 0 Å². The Morgan fingerprint density at radius 2 is 1.91 bits per heavy atom. The Kier molecular flexibility index (Phi) is 5.86. The van der Waals surface area contributed by atoms with Gasteiger partial charge in [0.1, 0.15) is 4.32 Å². The highest BCUT2D eigenvalue weighted by Gasteiger charge is 2.27. The van der Waals surface area contributed by atoms with Crippen LogP contribution in [0.25, 0.3) is 0 Å². The fourth-order valence-corrected chi connectivity index (χ4v) is 4.26. The van der Waals surface area contributed by atoms with E-state index in [1.54, 1.807) is 13.8 Å². The molecule has 1 fully saturated rings. The smallest absolute Gasteiger partial charge is 0.339 e. The van der Waals surface area contributed by atoms with Gasteiger partial charge in [-0.15, -0.1) is 0 Å². The Balaban J connectivity index is 2.13. The number of aromatic amines is 1. The Bertz CT molecular complexity index is 634. The van der Waals surface area contributed by atoms with Crippen LogP contribution in [0.2, 0.25) is 0 Å². The first-order valence-corrected chi connectivity index (χ1v) is 8.92. The summed E-state index contributed by atoms with van der Waals surface area (Å²) in [5, 5.41) is -0.301. The molecule has 0 saturated carbocycles. The summed E-state index contributed by atoms with van der Waals surface area (Å²) in [4.78, 5) is 29.7. The van der Waals surface area contributed by atoms with Crippen LogP contribution in [0, 0.1) is 13.8 Å². The predicted octanol–water partition coefficient (Wildman–Crippen LogP) is 3.10. The third-order valence-corrected chi connectivity index (χ3v) is 5.66. The Morgan fingerprint density at radius 3 is 2.48 bits per heavy atom. The number of aromatic nitrogens is 1. The molecule has 0 bridgehead atoms. The number of likely N-dealkylation sites (tertiary alicyclic amines) is 1. The van der Waals surface area contributed by atoms with E-state index in [9.17, 15) is 9.59 Å². The van der Waals surface area contributed by atoms with Gasteiger partial charge in [0.2, 0.25) is 0 Å². The first-order chi connectivity index (χ1) is 10.9. The van der Waals surface area contributed by atoms with Gasteiger partial charge in [0, 0.05) is 18.8 Å². The van der Waals surface area contributed by atoms with Gasteiger partial charge in [-0.05, 0) is 39.2 Å². The van der Waals surface area contributed by atoms with Crippen LogP contribution < -0.4 is 0 Å². The Hall–Kier alpha value is -1.34. The summed E-state index contributed by atoms with van der Waals surface area (Å²) < 4.78 is 5.56. The van der Waals surface area contributed by atoms with Crippen LogP contribution in [0.15, 0.2) is 0 Å². The van der Waals surface area contributed by atoms with Gasteiger partial charge in [0.15, 0.2) is 5.78 Å². The van der Waals surface area contributed by atoms with Crippen molar-refractivity contribution in [3.05, 3.63) is 22.5 Å². The lowest BCUT2D eigenvalue weighted by Gasteiger charge is -2.20. The van der Waals surface area contributed by atoms with Crippen LogP contribution >= 0.6 is 24.0 Å². The minimum Gasteiger partial charge on any atom is -0.465 e. The van der Waals surface area contributed by atoms with Crippen LogP contribution in [0.3, 0.4) is 0 Å². The summed E-state index contributed by atoms with van der Waals surface area (Å²) in [6.45, 7) is 7.32. The molecule has 1 saturated heterocycles. The minimum absolute atomic E-state index is 0.0488. The number of H-pyrrole nitrogens is 1. The van der Waals surface area contributed by atoms with E-state index < -0.39 is 5.97 Å². The number of thioether (sulfide) groups is 1. The maximum absolute atomic E-state index is 12.7. The molecule has 0 spiro atoms. The molecule has 1 aliphatic rings. The van der Waals surface area contributed by atoms with Gasteiger partial charge in [-0.2, -0.15) is 0 Å². The topological polar surface area (TPSA) is 62.4 Å². The van der Waals surface area contributed by atoms with Crippen molar-refractivity contribution >= 4 is 40.1 Å². The van der Waals surface area contributed by atoms with E-state index >= 15 is 0 Å². The molecule has 0 radical (unpaired) electrons. The monoisotopic (exact) mass is 354 g/mol. The SMILES string of the molecule is COC(=O)c1c(C)[nH]c(C(=O)C(C)SC(=S)N2CCCC2)c1C. The summed E-state index contributed by atoms with van der Waals surface area (Å²) in [6.07, 6.45) is 2.31. The van der Waals surface area contributed by atoms with Crippen LogP contribution in [-0.2, 0) is 4.74 Å². The number of rotatable bonds is 4. The average molecular weight is 354 g/mol. The molecule has 2 heterocycles. The molecule has 0 amide bonds. The molecule has 23 heavy (non-hydrogen) atoms. The van der Waals surface area contributed by atoms with Crippen molar-refractivity contribution in [1.29, 1.82) is 0 Å². The van der Waals surface area contributed by atoms with Gasteiger partial charge in [0.25, 0.3) is 0 Å². The van der Waals surface area contributed by atoms with E-state index in [4.69, 9.17) is 17.0 Å². The van der Waals surface area contributed by atoms with Crippen LogP contribution in [0.4, 0.5) is 0 Å². The average Bonchev–Trinajstić information content (AvgIpc) is 3.14. The molecule has 2 rings (SSSR count). The third-order valence-electron chi connectivity index (χ3n) is 4.08. The molecule has 5 nitrogen and oxygen atoms in total. The zero-order chi connectivity index (χ0) is 17.1. The predicted molar refractivity (Wildman–Crippen MR) is 96.4 cm³/mol. The summed E-state index contributed by atoms with van der Waals surface area (Å²) in [7, 11) is 1.34. The second-order valence-corrected chi connectivity index (χ2v) is 7.68. The quantitative estimate of drug-likeness (QED) is 0.509. The van der Waals surface area contributed by atoms with Crippen molar-refractivity contribution in [2.45, 2.75) is 38.9 Å². The molecule has 1 atom stereocenters. The van der Waals surface area contributed by atoms with Crippen molar-refractivity contribution in [3.63, 3.8) is 0 Å². The fourth-order valence-electron chi connectivity index (χ4n) is 2.79. The first-order valence-electron chi connectivity index (χ1n) is 7.64. The number of ketones is 1. The van der Waals surface area contributed by atoms with Crippen molar-refractivity contribution in [1.82, 2.24) is 9.88 Å². The molecular weight excluding hydrogens is 332 g/mol. The lowest BCUT2D eigenvalue weighted by Crippen LogP contribution is -2.27. The van der Waals surface area contributed by atoms with E-state index in [1.165, 1.54) is 18.9 Å². The molecule has 1 N–H and O–H groups in total. The van der Waals surface area contributed by atoms with E-state index in [2.05, 4.69) is 9.88 Å². The highest BCUT2D eigenvalue weighted by molar-refractivity contribution is 8.23. The molecule has 1 aromatic heterocycles. The van der Waals surface area contributed by atoms with E-state index in [1.807, 2.05) is 6.92 Å². The summed E-state index contributed by atoms with van der Waals surface area (Å²) in [5.41, 5.74) is 2.19. The van der Waals surface area contributed by atoms with Gasteiger partial charge < -0.3 is 14.6 Å². The summed E-state index contributed by atoms with van der Waals surface area (Å²) >= 11 is 6.85. The summed E-state index contributed by atoms with van der Waals surface area (Å²) in [6, 6.07) is 0. The molecule has 7 heteroatoms. The number of esters is 1. The van der Waals surface area contributed by atoms with Crippen LogP contribution in [0.1, 0.15) is 51.9 Å². The largest absolute Gasteiger partial charge is 0.465 e. The maximum atomic E-state index is 12.7. The number of hydrogen-bond donors (Lipinski definition) is 1. The molecular formula is C16H22N2O3S2. The number of carbonyl (C=O) groups excluding carboxylic acids is 2. The second-order valence-electron chi connectivity index (χ2n) is 5.70. The van der Waals surface area contributed by atoms with Crippen LogP contribution in [0.5, 0.6) is 0 Å². The first kappa shape index (κ1) is 18.0. The molecule has 1 unspecified atom stereocenters. The molecule has 0 aliphatic carbocycles. The standard InChI is InChI=1S/C16H22N2O3S2/c1-9-12(15(20)21-4)10(2)17-13(9)14(19)11(3)23-16(22)18-7-5-6-8-18/h11,17H,5-8H2,1-4H3. The van der Waals surface area contributed by atoms with E-state index in [0.717, 1.165) is 30.3 Å². The lowest BCUT2D eigenvalue weighted by atomic mass is 10.1. The number of Topliss-reactive ketones (excluding diaryl/α,β-unsaturated/α-hetero) is 1. The van der Waals surface area contributed by atoms with Crippen molar-refractivity contribution < 1.29 is 14.3 Å². The number of hydrogen-bond acceptors (Lipinski definition) is 5. The Labute approximate surface area is 146 Å². The number of nitrogens with one attached hydrogen (secondary N) is 1. The number of carbonyl (C=O) groups is 2. The number of thiocarbonyl (C=S) groups is 1. The lowest BCUT2D eigenvalue weighted by molar-refractivity contribution is 0.0599. The zero-order valence-corrected chi connectivity index (χ0v) is 15.5. The number of nitrogens with zero attached hydrogens (tertiary/aromatic N) is 1. The van der Waals surface area contributed by atoms with E-state index in [0.29, 0.717) is 22.5 Å². The second kappa shape index (κ2) is 7.49. The number of methoxy groups -OCH3 is 1. The zero-order valence-electron chi connectivity index (χ0n) is 13.9. The number of ether oxygens (including phenoxy) is 1. The molecule has 1 aromatic rings. The van der Waals surface area contributed by atoms with E-state index in [-0.39, 0.29) is 11.0 Å². The Morgan fingerprint density at radius 1 is 1.30 bits per heavy atom. The van der Waals surface area contributed by atoms with Crippen LogP contribution in [-0.4, -0.2) is 51.4 Å². The summed E-state index contributed by atoms with van der Waals surface area (Å²) in [5.74, 6) is -0.476. The van der Waals surface area contributed by atoms with Crippen molar-refractivity contribution in [2.24, 2.45) is 0 Å². The van der Waals surface area contributed by atoms with Gasteiger partial charge in [-0.1, -0.05) is 24.0 Å². The van der Waals surface area contributed by atoms with Gasteiger partial charge >= 0.3 is 5.97 Å². The fraction of sp³-hybridized carbons (Fsp3) is 0.562. The highest BCUT2D eigenvalue weighted by atomic mass is 32.2. The molecule has 126 valence electrons. The van der Waals surface area contributed by atoms with Crippen molar-refractivity contribution in [2.75, 3.05) is 20.2 Å².